The fraction of sp³-hybridized carbons (Fsp3) is 0.579. The van der Waals surface area contributed by atoms with E-state index in [1.165, 1.54) is 6.92 Å². The van der Waals surface area contributed by atoms with Gasteiger partial charge in [-0.3, -0.25) is 4.79 Å². The van der Waals surface area contributed by atoms with Gasteiger partial charge in [0.25, 0.3) is 0 Å². The molecule has 1 aromatic carbocycles. The molecule has 0 unspecified atom stereocenters. The standard InChI is InChI=1S/C19H31N3O3/c1-14(2)22(18(24)25-19(4,5)6)12-11-20-13-16-7-9-17(10-8-16)21-15(3)23/h7-10,14,20H,11-13H2,1-6H3,(H,21,23). The molecular weight excluding hydrogens is 318 g/mol. The monoisotopic (exact) mass is 349 g/mol. The normalized spacial score (nSPS) is 11.3. The zero-order chi connectivity index (χ0) is 19.0. The molecule has 6 nitrogen and oxygen atoms in total. The van der Waals surface area contributed by atoms with E-state index in [4.69, 9.17) is 4.74 Å². The molecule has 0 atom stereocenters. The summed E-state index contributed by atoms with van der Waals surface area (Å²) in [6.45, 7) is 13.0. The van der Waals surface area contributed by atoms with Crippen molar-refractivity contribution in [2.45, 2.75) is 59.7 Å². The molecule has 140 valence electrons. The van der Waals surface area contributed by atoms with Gasteiger partial charge >= 0.3 is 6.09 Å². The van der Waals surface area contributed by atoms with Gasteiger partial charge in [0.2, 0.25) is 5.91 Å². The Kier molecular flexibility index (Phi) is 7.90. The lowest BCUT2D eigenvalue weighted by molar-refractivity contribution is -0.114. The van der Waals surface area contributed by atoms with Crippen molar-refractivity contribution in [2.24, 2.45) is 0 Å². The first kappa shape index (κ1) is 21.0. The number of rotatable bonds is 7. The molecule has 2 amide bonds. The molecule has 0 aromatic heterocycles. The summed E-state index contributed by atoms with van der Waals surface area (Å²) < 4.78 is 5.45. The molecule has 1 aromatic rings. The van der Waals surface area contributed by atoms with Crippen LogP contribution in [0, 0.1) is 0 Å². The van der Waals surface area contributed by atoms with Gasteiger partial charge < -0.3 is 20.3 Å². The Hall–Kier alpha value is -2.08. The molecule has 0 aliphatic heterocycles. The van der Waals surface area contributed by atoms with Crippen LogP contribution >= 0.6 is 0 Å². The van der Waals surface area contributed by atoms with Gasteiger partial charge in [-0.25, -0.2) is 4.79 Å². The zero-order valence-corrected chi connectivity index (χ0v) is 16.2. The molecule has 0 bridgehead atoms. The lowest BCUT2D eigenvalue weighted by atomic mass is 10.2. The highest BCUT2D eigenvalue weighted by molar-refractivity contribution is 5.88. The lowest BCUT2D eigenvalue weighted by Crippen LogP contribution is -2.44. The highest BCUT2D eigenvalue weighted by Crippen LogP contribution is 2.12. The number of nitrogens with one attached hydrogen (secondary N) is 2. The third-order valence-electron chi connectivity index (χ3n) is 3.38. The first-order valence-corrected chi connectivity index (χ1v) is 8.65. The van der Waals surface area contributed by atoms with Crippen LogP contribution in [0.3, 0.4) is 0 Å². The minimum Gasteiger partial charge on any atom is -0.444 e. The van der Waals surface area contributed by atoms with Gasteiger partial charge in [0.1, 0.15) is 5.60 Å². The average molecular weight is 349 g/mol. The molecule has 0 heterocycles. The Balaban J connectivity index is 2.43. The van der Waals surface area contributed by atoms with E-state index in [2.05, 4.69) is 10.6 Å². The fourth-order valence-electron chi connectivity index (χ4n) is 2.22. The van der Waals surface area contributed by atoms with E-state index >= 15 is 0 Å². The summed E-state index contributed by atoms with van der Waals surface area (Å²) in [5, 5.41) is 6.07. The summed E-state index contributed by atoms with van der Waals surface area (Å²) in [5.74, 6) is -0.0817. The molecule has 0 fully saturated rings. The number of carbonyl (C=O) groups is 2. The van der Waals surface area contributed by atoms with E-state index < -0.39 is 5.60 Å². The Morgan fingerprint density at radius 2 is 1.76 bits per heavy atom. The van der Waals surface area contributed by atoms with Crippen molar-refractivity contribution < 1.29 is 14.3 Å². The predicted molar refractivity (Wildman–Crippen MR) is 101 cm³/mol. The first-order chi connectivity index (χ1) is 11.6. The minimum absolute atomic E-state index is 0.0774. The number of amides is 2. The maximum absolute atomic E-state index is 12.2. The highest BCUT2D eigenvalue weighted by atomic mass is 16.6. The van der Waals surface area contributed by atoms with Crippen molar-refractivity contribution in [1.29, 1.82) is 0 Å². The lowest BCUT2D eigenvalue weighted by Gasteiger charge is -2.30. The van der Waals surface area contributed by atoms with Crippen molar-refractivity contribution >= 4 is 17.7 Å². The van der Waals surface area contributed by atoms with Crippen molar-refractivity contribution in [3.05, 3.63) is 29.8 Å². The van der Waals surface area contributed by atoms with Crippen LogP contribution in [0.2, 0.25) is 0 Å². The van der Waals surface area contributed by atoms with Crippen LogP contribution < -0.4 is 10.6 Å². The SMILES string of the molecule is CC(=O)Nc1ccc(CNCCN(C(=O)OC(C)(C)C)C(C)C)cc1. The first-order valence-electron chi connectivity index (χ1n) is 8.65. The second kappa shape index (κ2) is 9.42. The maximum Gasteiger partial charge on any atom is 0.410 e. The third-order valence-corrected chi connectivity index (χ3v) is 3.38. The van der Waals surface area contributed by atoms with Crippen molar-refractivity contribution in [3.63, 3.8) is 0 Å². The number of ether oxygens (including phenoxy) is 1. The Labute approximate surface area is 150 Å². The number of hydrogen-bond acceptors (Lipinski definition) is 4. The zero-order valence-electron chi connectivity index (χ0n) is 16.2. The molecular formula is C19H31N3O3. The van der Waals surface area contributed by atoms with E-state index in [0.29, 0.717) is 19.6 Å². The summed E-state index contributed by atoms with van der Waals surface area (Å²) in [6.07, 6.45) is -0.288. The van der Waals surface area contributed by atoms with Gasteiger partial charge in [-0.1, -0.05) is 12.1 Å². The molecule has 2 N–H and O–H groups in total. The number of carbonyl (C=O) groups excluding carboxylic acids is 2. The molecule has 25 heavy (non-hydrogen) atoms. The third kappa shape index (κ3) is 8.54. The van der Waals surface area contributed by atoms with Crippen LogP contribution in [-0.4, -0.2) is 41.6 Å². The Morgan fingerprint density at radius 1 is 1.16 bits per heavy atom. The van der Waals surface area contributed by atoms with Crippen LogP contribution in [0.25, 0.3) is 0 Å². The van der Waals surface area contributed by atoms with Gasteiger partial charge in [-0.15, -0.1) is 0 Å². The van der Waals surface area contributed by atoms with Crippen LogP contribution in [0.1, 0.15) is 47.1 Å². The van der Waals surface area contributed by atoms with Gasteiger partial charge in [-0.05, 0) is 52.3 Å². The number of anilines is 1. The number of hydrogen-bond donors (Lipinski definition) is 2. The highest BCUT2D eigenvalue weighted by Gasteiger charge is 2.23. The van der Waals surface area contributed by atoms with Crippen LogP contribution in [0.5, 0.6) is 0 Å². The molecule has 0 spiro atoms. The Bertz CT molecular complexity index is 562. The van der Waals surface area contributed by atoms with Gasteiger partial charge in [0, 0.05) is 38.3 Å². The second-order valence-electron chi connectivity index (χ2n) is 7.32. The number of nitrogens with zero attached hydrogens (tertiary/aromatic N) is 1. The molecule has 0 aliphatic carbocycles. The minimum atomic E-state index is -0.493. The quantitative estimate of drug-likeness (QED) is 0.740. The summed E-state index contributed by atoms with van der Waals surface area (Å²) in [6, 6.07) is 7.76. The van der Waals surface area contributed by atoms with E-state index in [9.17, 15) is 9.59 Å². The topological polar surface area (TPSA) is 70.7 Å². The summed E-state index contributed by atoms with van der Waals surface area (Å²) >= 11 is 0. The van der Waals surface area contributed by atoms with Crippen LogP contribution in [0.15, 0.2) is 24.3 Å². The largest absolute Gasteiger partial charge is 0.444 e. The molecule has 0 radical (unpaired) electrons. The second-order valence-corrected chi connectivity index (χ2v) is 7.32. The van der Waals surface area contributed by atoms with Gasteiger partial charge in [0.05, 0.1) is 0 Å². The maximum atomic E-state index is 12.2. The summed E-state index contributed by atoms with van der Waals surface area (Å²) in [5.41, 5.74) is 1.41. The van der Waals surface area contributed by atoms with Crippen molar-refractivity contribution in [3.8, 4) is 0 Å². The molecule has 1 rings (SSSR count). The number of benzene rings is 1. The Morgan fingerprint density at radius 3 is 2.24 bits per heavy atom. The van der Waals surface area contributed by atoms with E-state index in [1.807, 2.05) is 58.9 Å². The molecule has 0 aliphatic rings. The van der Waals surface area contributed by atoms with Gasteiger partial charge in [0.15, 0.2) is 0 Å². The van der Waals surface area contributed by atoms with E-state index in [0.717, 1.165) is 11.3 Å². The average Bonchev–Trinajstić information content (AvgIpc) is 2.45. The van der Waals surface area contributed by atoms with Crippen LogP contribution in [-0.2, 0) is 16.1 Å². The van der Waals surface area contributed by atoms with E-state index in [1.54, 1.807) is 4.90 Å². The molecule has 0 saturated carbocycles. The predicted octanol–water partition coefficient (Wildman–Crippen LogP) is 3.38. The van der Waals surface area contributed by atoms with Gasteiger partial charge in [-0.2, -0.15) is 0 Å². The molecule has 0 saturated heterocycles. The fourth-order valence-corrected chi connectivity index (χ4v) is 2.22. The molecule has 6 heteroatoms. The summed E-state index contributed by atoms with van der Waals surface area (Å²) in [7, 11) is 0. The summed E-state index contributed by atoms with van der Waals surface area (Å²) in [4.78, 5) is 25.0. The van der Waals surface area contributed by atoms with Crippen molar-refractivity contribution in [2.75, 3.05) is 18.4 Å². The van der Waals surface area contributed by atoms with Crippen LogP contribution in [0.4, 0.5) is 10.5 Å². The smallest absolute Gasteiger partial charge is 0.410 e. The van der Waals surface area contributed by atoms with Crippen molar-refractivity contribution in [1.82, 2.24) is 10.2 Å². The van der Waals surface area contributed by atoms with E-state index in [-0.39, 0.29) is 18.0 Å².